The number of aromatic nitrogens is 1. The van der Waals surface area contributed by atoms with Gasteiger partial charge in [0.05, 0.1) is 17.2 Å². The van der Waals surface area contributed by atoms with E-state index in [1.807, 2.05) is 6.92 Å². The molecule has 1 aromatic heterocycles. The third-order valence-corrected chi connectivity index (χ3v) is 5.36. The Balaban J connectivity index is 1.45. The van der Waals surface area contributed by atoms with Gasteiger partial charge in [-0.05, 0) is 36.5 Å². The van der Waals surface area contributed by atoms with Crippen molar-refractivity contribution < 1.29 is 23.4 Å². The van der Waals surface area contributed by atoms with Gasteiger partial charge in [0, 0.05) is 30.8 Å². The normalized spacial score (nSPS) is 17.9. The Morgan fingerprint density at radius 2 is 2.04 bits per heavy atom. The van der Waals surface area contributed by atoms with E-state index in [0.29, 0.717) is 25.4 Å². The number of hydrogen-bond donors (Lipinski definition) is 1. The van der Waals surface area contributed by atoms with Crippen molar-refractivity contribution >= 4 is 23.4 Å². The molecule has 0 atom stereocenters. The van der Waals surface area contributed by atoms with Crippen LogP contribution in [-0.4, -0.2) is 35.8 Å². The number of benzene rings is 1. The maximum absolute atomic E-state index is 14.1. The van der Waals surface area contributed by atoms with Crippen molar-refractivity contribution in [3.63, 3.8) is 0 Å². The lowest BCUT2D eigenvalue weighted by Crippen LogP contribution is -2.58. The smallest absolute Gasteiger partial charge is 0.338 e. The quantitative estimate of drug-likeness (QED) is 0.762. The number of aromatic carboxylic acids is 1. The monoisotopic (exact) mass is 408 g/mol. The lowest BCUT2D eigenvalue weighted by Gasteiger charge is -2.48. The van der Waals surface area contributed by atoms with E-state index in [2.05, 4.69) is 4.98 Å². The molecule has 1 saturated heterocycles. The standard InChI is InChI=1S/C20H19ClF2N2O3/c1-20(8-25(9-20)18-16(23)4-12(21)7-24-18)10-28-17-6-15(22)14(19(26)27)5-13(17)11-2-3-11/h4-7,11H,2-3,8-10H2,1H3,(H,26,27). The minimum atomic E-state index is -1.29. The summed E-state index contributed by atoms with van der Waals surface area (Å²) in [6.45, 7) is 3.38. The topological polar surface area (TPSA) is 62.7 Å². The van der Waals surface area contributed by atoms with E-state index in [0.717, 1.165) is 24.5 Å². The number of carboxylic acids is 1. The molecule has 0 bridgehead atoms. The number of rotatable bonds is 6. The summed E-state index contributed by atoms with van der Waals surface area (Å²) in [7, 11) is 0. The molecular weight excluding hydrogens is 390 g/mol. The zero-order valence-corrected chi connectivity index (χ0v) is 16.0. The van der Waals surface area contributed by atoms with E-state index in [9.17, 15) is 13.6 Å². The molecule has 1 saturated carbocycles. The Labute approximate surface area is 165 Å². The van der Waals surface area contributed by atoms with Gasteiger partial charge in [-0.1, -0.05) is 18.5 Å². The van der Waals surface area contributed by atoms with Crippen molar-refractivity contribution in [1.82, 2.24) is 4.98 Å². The highest BCUT2D eigenvalue weighted by atomic mass is 35.5. The van der Waals surface area contributed by atoms with Crippen LogP contribution in [0.2, 0.25) is 5.02 Å². The van der Waals surface area contributed by atoms with Gasteiger partial charge in [0.15, 0.2) is 11.6 Å². The number of pyridine rings is 1. The predicted octanol–water partition coefficient (Wildman–Crippen LogP) is 4.49. The van der Waals surface area contributed by atoms with Crippen molar-refractivity contribution in [1.29, 1.82) is 0 Å². The van der Waals surface area contributed by atoms with Crippen LogP contribution in [0.5, 0.6) is 5.75 Å². The number of nitrogens with zero attached hydrogens (tertiary/aromatic N) is 2. The fourth-order valence-corrected chi connectivity index (χ4v) is 3.73. The van der Waals surface area contributed by atoms with Gasteiger partial charge in [0.2, 0.25) is 0 Å². The van der Waals surface area contributed by atoms with Crippen molar-refractivity contribution in [2.75, 3.05) is 24.6 Å². The highest BCUT2D eigenvalue weighted by Crippen LogP contribution is 2.46. The van der Waals surface area contributed by atoms with Crippen LogP contribution in [0, 0.1) is 17.0 Å². The minimum Gasteiger partial charge on any atom is -0.492 e. The molecule has 0 radical (unpaired) electrons. The highest BCUT2D eigenvalue weighted by Gasteiger charge is 2.41. The molecule has 1 N–H and O–H groups in total. The van der Waals surface area contributed by atoms with Crippen LogP contribution in [0.15, 0.2) is 24.4 Å². The Bertz CT molecular complexity index is 943. The van der Waals surface area contributed by atoms with E-state index in [1.54, 1.807) is 4.90 Å². The molecule has 5 nitrogen and oxygen atoms in total. The highest BCUT2D eigenvalue weighted by molar-refractivity contribution is 6.30. The van der Waals surface area contributed by atoms with Crippen LogP contribution in [0.25, 0.3) is 0 Å². The molecule has 2 aliphatic rings. The van der Waals surface area contributed by atoms with Crippen LogP contribution in [0.4, 0.5) is 14.6 Å². The van der Waals surface area contributed by atoms with Crippen LogP contribution >= 0.6 is 11.6 Å². The van der Waals surface area contributed by atoms with Crippen molar-refractivity contribution in [3.05, 3.63) is 52.2 Å². The lowest BCUT2D eigenvalue weighted by molar-refractivity contribution is 0.0691. The summed E-state index contributed by atoms with van der Waals surface area (Å²) in [5.74, 6) is -1.72. The Kier molecular flexibility index (Phi) is 4.65. The second-order valence-corrected chi connectivity index (χ2v) is 8.30. The summed E-state index contributed by atoms with van der Waals surface area (Å²) in [6.07, 6.45) is 3.28. The molecule has 1 aromatic carbocycles. The van der Waals surface area contributed by atoms with E-state index in [-0.39, 0.29) is 27.7 Å². The number of halogens is 3. The zero-order chi connectivity index (χ0) is 20.1. The number of ether oxygens (including phenoxy) is 1. The van der Waals surface area contributed by atoms with Gasteiger partial charge in [-0.2, -0.15) is 0 Å². The fraction of sp³-hybridized carbons (Fsp3) is 0.400. The number of hydrogen-bond acceptors (Lipinski definition) is 4. The molecule has 8 heteroatoms. The molecule has 2 aromatic rings. The third kappa shape index (κ3) is 3.63. The van der Waals surface area contributed by atoms with Crippen molar-refractivity contribution in [3.8, 4) is 5.75 Å². The van der Waals surface area contributed by atoms with Gasteiger partial charge in [0.1, 0.15) is 11.6 Å². The van der Waals surface area contributed by atoms with Crippen LogP contribution in [0.3, 0.4) is 0 Å². The predicted molar refractivity (Wildman–Crippen MR) is 100 cm³/mol. The third-order valence-electron chi connectivity index (χ3n) is 5.16. The van der Waals surface area contributed by atoms with Gasteiger partial charge in [-0.15, -0.1) is 0 Å². The van der Waals surface area contributed by atoms with E-state index >= 15 is 0 Å². The minimum absolute atomic E-state index is 0.215. The van der Waals surface area contributed by atoms with E-state index in [4.69, 9.17) is 21.4 Å². The summed E-state index contributed by atoms with van der Waals surface area (Å²) in [6, 6.07) is 3.77. The summed E-state index contributed by atoms with van der Waals surface area (Å²) in [5, 5.41) is 9.38. The van der Waals surface area contributed by atoms with Crippen LogP contribution in [0.1, 0.15) is 41.6 Å². The maximum atomic E-state index is 14.1. The van der Waals surface area contributed by atoms with E-state index < -0.39 is 17.6 Å². The van der Waals surface area contributed by atoms with Crippen molar-refractivity contribution in [2.24, 2.45) is 5.41 Å². The summed E-state index contributed by atoms with van der Waals surface area (Å²) >= 11 is 5.74. The van der Waals surface area contributed by atoms with Crippen LogP contribution < -0.4 is 9.64 Å². The van der Waals surface area contributed by atoms with Crippen molar-refractivity contribution in [2.45, 2.75) is 25.7 Å². The summed E-state index contributed by atoms with van der Waals surface area (Å²) in [4.78, 5) is 17.0. The lowest BCUT2D eigenvalue weighted by atomic mass is 9.83. The molecule has 0 unspecified atom stereocenters. The fourth-order valence-electron chi connectivity index (χ4n) is 3.58. The number of anilines is 1. The molecule has 148 valence electrons. The zero-order valence-electron chi connectivity index (χ0n) is 15.2. The SMILES string of the molecule is CC1(COc2cc(F)c(C(=O)O)cc2C2CC2)CN(c2ncc(Cl)cc2F)C1. The van der Waals surface area contributed by atoms with Gasteiger partial charge < -0.3 is 14.7 Å². The second-order valence-electron chi connectivity index (χ2n) is 7.86. The molecule has 2 heterocycles. The Morgan fingerprint density at radius 3 is 2.64 bits per heavy atom. The maximum Gasteiger partial charge on any atom is 0.338 e. The first-order chi connectivity index (χ1) is 13.3. The first-order valence-electron chi connectivity index (χ1n) is 9.01. The Hall–Kier alpha value is -2.41. The first-order valence-corrected chi connectivity index (χ1v) is 9.39. The van der Waals surface area contributed by atoms with Crippen LogP contribution in [-0.2, 0) is 0 Å². The number of carboxylic acid groups (broad SMARTS) is 1. The number of carbonyl (C=O) groups is 1. The molecule has 0 spiro atoms. The largest absolute Gasteiger partial charge is 0.492 e. The Morgan fingerprint density at radius 1 is 1.32 bits per heavy atom. The molecule has 2 fully saturated rings. The second kappa shape index (κ2) is 6.88. The van der Waals surface area contributed by atoms with E-state index in [1.165, 1.54) is 18.3 Å². The van der Waals surface area contributed by atoms with Gasteiger partial charge in [0.25, 0.3) is 0 Å². The van der Waals surface area contributed by atoms with Gasteiger partial charge in [-0.3, -0.25) is 0 Å². The van der Waals surface area contributed by atoms with Gasteiger partial charge in [-0.25, -0.2) is 18.6 Å². The summed E-state index contributed by atoms with van der Waals surface area (Å²) < 4.78 is 34.0. The molecule has 1 aliphatic carbocycles. The summed E-state index contributed by atoms with van der Waals surface area (Å²) in [5.41, 5.74) is 0.153. The molecule has 4 rings (SSSR count). The average molecular weight is 409 g/mol. The van der Waals surface area contributed by atoms with Gasteiger partial charge >= 0.3 is 5.97 Å². The average Bonchev–Trinajstić information content (AvgIpc) is 3.42. The molecule has 1 aliphatic heterocycles. The molecule has 0 amide bonds. The molecular formula is C20H19ClF2N2O3. The molecule has 28 heavy (non-hydrogen) atoms. The first kappa shape index (κ1) is 18.9.